The SMILES string of the molecule is CCn1c(=O)n(CCF)c2cc(NC(=O)c3cc(F)cc(C(F)(F)F)c3)c3c(c21)C(=O)N[C@H]3c1cc(F)ccc1Cl. The summed E-state index contributed by atoms with van der Waals surface area (Å²) >= 11 is 6.31. The second kappa shape index (κ2) is 10.3. The smallest absolute Gasteiger partial charge is 0.341 e. The maximum Gasteiger partial charge on any atom is 0.416 e. The highest BCUT2D eigenvalue weighted by Gasteiger charge is 2.38. The van der Waals surface area contributed by atoms with Gasteiger partial charge in [-0.2, -0.15) is 13.2 Å². The van der Waals surface area contributed by atoms with Crippen LogP contribution in [0.3, 0.4) is 0 Å². The average molecular weight is 597 g/mol. The van der Waals surface area contributed by atoms with Crippen LogP contribution in [0.4, 0.5) is 32.0 Å². The molecule has 1 aliphatic heterocycles. The second-order valence-electron chi connectivity index (χ2n) is 9.20. The molecule has 0 unspecified atom stereocenters. The van der Waals surface area contributed by atoms with E-state index < -0.39 is 65.7 Å². The molecule has 0 saturated heterocycles. The van der Waals surface area contributed by atoms with Crippen LogP contribution >= 0.6 is 11.6 Å². The number of nitrogens with one attached hydrogen (secondary N) is 2. The number of nitrogens with zero attached hydrogens (tertiary/aromatic N) is 2. The Morgan fingerprint density at radius 2 is 1.78 bits per heavy atom. The fraction of sp³-hybridized carbons (Fsp3) is 0.222. The van der Waals surface area contributed by atoms with E-state index in [0.29, 0.717) is 12.1 Å². The quantitative estimate of drug-likeness (QED) is 0.275. The lowest BCUT2D eigenvalue weighted by Gasteiger charge is -2.19. The summed E-state index contributed by atoms with van der Waals surface area (Å²) in [6.45, 7) is 0.362. The molecule has 14 heteroatoms. The minimum Gasteiger partial charge on any atom is -0.341 e. The predicted molar refractivity (Wildman–Crippen MR) is 138 cm³/mol. The Hall–Kier alpha value is -4.26. The second-order valence-corrected chi connectivity index (χ2v) is 9.61. The molecular formula is C27H19ClF6N4O3. The van der Waals surface area contributed by atoms with Crippen molar-refractivity contribution in [1.29, 1.82) is 0 Å². The van der Waals surface area contributed by atoms with E-state index >= 15 is 0 Å². The molecule has 7 nitrogen and oxygen atoms in total. The summed E-state index contributed by atoms with van der Waals surface area (Å²) in [5, 5.41) is 5.10. The number of aryl methyl sites for hydroxylation is 2. The molecule has 1 aromatic heterocycles. The van der Waals surface area contributed by atoms with Gasteiger partial charge in [0.15, 0.2) is 0 Å². The van der Waals surface area contributed by atoms with Crippen LogP contribution in [-0.2, 0) is 19.3 Å². The molecule has 0 fully saturated rings. The molecule has 1 atom stereocenters. The summed E-state index contributed by atoms with van der Waals surface area (Å²) in [4.78, 5) is 39.7. The number of hydrogen-bond acceptors (Lipinski definition) is 3. The first-order valence-electron chi connectivity index (χ1n) is 12.2. The molecule has 2 amide bonds. The molecule has 0 bridgehead atoms. The number of anilines is 1. The van der Waals surface area contributed by atoms with E-state index in [1.54, 1.807) is 6.92 Å². The minimum atomic E-state index is -4.95. The van der Waals surface area contributed by atoms with Crippen LogP contribution in [0.2, 0.25) is 5.02 Å². The molecular weight excluding hydrogens is 578 g/mol. The summed E-state index contributed by atoms with van der Waals surface area (Å²) in [7, 11) is 0. The first kappa shape index (κ1) is 28.3. The van der Waals surface area contributed by atoms with Gasteiger partial charge in [0.1, 0.15) is 18.3 Å². The highest BCUT2D eigenvalue weighted by molar-refractivity contribution is 6.31. The first-order chi connectivity index (χ1) is 19.3. The molecule has 3 aromatic carbocycles. The molecule has 0 spiro atoms. The minimum absolute atomic E-state index is 0.0374. The zero-order chi connectivity index (χ0) is 29.8. The largest absolute Gasteiger partial charge is 0.416 e. The summed E-state index contributed by atoms with van der Waals surface area (Å²) in [5.41, 5.74) is -2.71. The number of carbonyl (C=O) groups is 2. The lowest BCUT2D eigenvalue weighted by Crippen LogP contribution is -2.25. The van der Waals surface area contributed by atoms with Crippen molar-refractivity contribution < 1.29 is 35.9 Å². The number of benzene rings is 3. The Bertz CT molecular complexity index is 1800. The fourth-order valence-corrected chi connectivity index (χ4v) is 5.27. The zero-order valence-corrected chi connectivity index (χ0v) is 21.8. The number of aromatic nitrogens is 2. The van der Waals surface area contributed by atoms with Crippen molar-refractivity contribution >= 4 is 40.1 Å². The van der Waals surface area contributed by atoms with Crippen molar-refractivity contribution in [3.63, 3.8) is 0 Å². The molecule has 41 heavy (non-hydrogen) atoms. The van der Waals surface area contributed by atoms with Crippen molar-refractivity contribution in [2.24, 2.45) is 0 Å². The molecule has 0 aliphatic carbocycles. The summed E-state index contributed by atoms with van der Waals surface area (Å²) in [6, 6.07) is 4.77. The van der Waals surface area contributed by atoms with Crippen LogP contribution in [0.5, 0.6) is 0 Å². The fourth-order valence-electron chi connectivity index (χ4n) is 5.05. The molecule has 5 rings (SSSR count). The van der Waals surface area contributed by atoms with E-state index in [9.17, 15) is 40.7 Å². The van der Waals surface area contributed by atoms with Gasteiger partial charge in [-0.3, -0.25) is 18.7 Å². The van der Waals surface area contributed by atoms with E-state index in [1.807, 2.05) is 0 Å². The Labute approximate surface area is 232 Å². The van der Waals surface area contributed by atoms with E-state index in [0.717, 1.165) is 16.7 Å². The molecule has 4 aromatic rings. The van der Waals surface area contributed by atoms with E-state index in [1.165, 1.54) is 16.7 Å². The van der Waals surface area contributed by atoms with Gasteiger partial charge < -0.3 is 10.6 Å². The van der Waals surface area contributed by atoms with Crippen LogP contribution in [0.15, 0.2) is 47.3 Å². The van der Waals surface area contributed by atoms with Crippen LogP contribution in [-0.4, -0.2) is 27.6 Å². The Morgan fingerprint density at radius 1 is 1.05 bits per heavy atom. The van der Waals surface area contributed by atoms with Crippen molar-refractivity contribution in [3.8, 4) is 0 Å². The van der Waals surface area contributed by atoms with Gasteiger partial charge >= 0.3 is 11.9 Å². The first-order valence-corrected chi connectivity index (χ1v) is 12.5. The highest BCUT2D eigenvalue weighted by Crippen LogP contribution is 2.43. The molecule has 0 saturated carbocycles. The molecule has 2 N–H and O–H groups in total. The normalized spacial score (nSPS) is 14.8. The van der Waals surface area contributed by atoms with Crippen LogP contribution in [0.25, 0.3) is 11.0 Å². The Balaban J connectivity index is 1.78. The van der Waals surface area contributed by atoms with Crippen molar-refractivity contribution in [3.05, 3.63) is 97.4 Å². The number of fused-ring (bicyclic) bond motifs is 3. The standard InChI is InChI=1S/C27H19ClF6N4O3/c1-2-37-23-19(38(6-5-29)26(37)41)11-18(35-24(39)12-7-13(27(32,33)34)9-15(31)8-12)20-21(23)25(40)36-22(20)16-10-14(30)3-4-17(16)28/h3-4,7-11,22H,2,5-6H2,1H3,(H,35,39)(H,36,40)/t22-/m0/s1. The molecule has 2 heterocycles. The predicted octanol–water partition coefficient (Wildman–Crippen LogP) is 5.83. The number of amides is 2. The van der Waals surface area contributed by atoms with Gasteiger partial charge in [0.25, 0.3) is 11.8 Å². The summed E-state index contributed by atoms with van der Waals surface area (Å²) in [5.74, 6) is -3.91. The topological polar surface area (TPSA) is 85.1 Å². The van der Waals surface area contributed by atoms with Crippen LogP contribution < -0.4 is 16.3 Å². The zero-order valence-electron chi connectivity index (χ0n) is 21.0. The van der Waals surface area contributed by atoms with Crippen molar-refractivity contribution in [2.75, 3.05) is 12.0 Å². The van der Waals surface area contributed by atoms with E-state index in [2.05, 4.69) is 10.6 Å². The van der Waals surface area contributed by atoms with Crippen molar-refractivity contribution in [2.45, 2.75) is 32.2 Å². The Kier molecular flexibility index (Phi) is 7.10. The number of halogens is 7. The molecule has 1 aliphatic rings. The van der Waals surface area contributed by atoms with Crippen LogP contribution in [0.1, 0.15) is 50.4 Å². The van der Waals surface area contributed by atoms with Gasteiger partial charge in [-0.15, -0.1) is 0 Å². The van der Waals surface area contributed by atoms with Gasteiger partial charge in [0.05, 0.1) is 34.7 Å². The van der Waals surface area contributed by atoms with Gasteiger partial charge in [0.2, 0.25) is 0 Å². The van der Waals surface area contributed by atoms with E-state index in [4.69, 9.17) is 11.6 Å². The average Bonchev–Trinajstić information content (AvgIpc) is 3.38. The molecule has 214 valence electrons. The van der Waals surface area contributed by atoms with Crippen molar-refractivity contribution in [1.82, 2.24) is 14.5 Å². The number of imidazole rings is 1. The lowest BCUT2D eigenvalue weighted by atomic mass is 9.95. The number of hydrogen-bond donors (Lipinski definition) is 2. The number of rotatable bonds is 6. The number of alkyl halides is 4. The van der Waals surface area contributed by atoms with Gasteiger partial charge in [-0.1, -0.05) is 11.6 Å². The maximum absolute atomic E-state index is 14.2. The third-order valence-corrected chi connectivity index (χ3v) is 7.11. The van der Waals surface area contributed by atoms with Gasteiger partial charge in [-0.25, -0.2) is 18.0 Å². The Morgan fingerprint density at radius 3 is 2.44 bits per heavy atom. The molecule has 0 radical (unpaired) electrons. The van der Waals surface area contributed by atoms with Gasteiger partial charge in [0, 0.05) is 33.9 Å². The summed E-state index contributed by atoms with van der Waals surface area (Å²) in [6.07, 6.45) is -4.95. The van der Waals surface area contributed by atoms with Gasteiger partial charge in [-0.05, 0) is 49.4 Å². The number of carbonyl (C=O) groups excluding carboxylic acids is 2. The third kappa shape index (κ3) is 4.83. The lowest BCUT2D eigenvalue weighted by molar-refractivity contribution is -0.137. The van der Waals surface area contributed by atoms with Crippen LogP contribution in [0, 0.1) is 11.6 Å². The third-order valence-electron chi connectivity index (χ3n) is 6.76. The summed E-state index contributed by atoms with van der Waals surface area (Å²) < 4.78 is 83.9. The highest BCUT2D eigenvalue weighted by atomic mass is 35.5. The monoisotopic (exact) mass is 596 g/mol. The van der Waals surface area contributed by atoms with E-state index in [-0.39, 0.29) is 51.0 Å². The maximum atomic E-state index is 14.2.